The number of rotatable bonds is 20. The second-order valence-electron chi connectivity index (χ2n) is 12.0. The van der Waals surface area contributed by atoms with Crippen LogP contribution in [0.25, 0.3) is 0 Å². The molecule has 2 aliphatic heterocycles. The van der Waals surface area contributed by atoms with Gasteiger partial charge in [-0.05, 0) is 50.9 Å². The van der Waals surface area contributed by atoms with Crippen molar-refractivity contribution in [2.75, 3.05) is 107 Å². The molecule has 1 aromatic carbocycles. The van der Waals surface area contributed by atoms with Crippen molar-refractivity contribution in [3.8, 4) is 11.5 Å². The molecule has 47 heavy (non-hydrogen) atoms. The number of piperidine rings is 1. The molecule has 1 saturated carbocycles. The fourth-order valence-corrected chi connectivity index (χ4v) is 7.41. The van der Waals surface area contributed by atoms with Crippen LogP contribution in [0.15, 0.2) is 12.1 Å². The number of hydrogen-bond donors (Lipinski definition) is 4. The van der Waals surface area contributed by atoms with E-state index in [1.165, 1.54) is 5.56 Å². The van der Waals surface area contributed by atoms with Gasteiger partial charge in [0.15, 0.2) is 11.5 Å². The van der Waals surface area contributed by atoms with Gasteiger partial charge in [-0.2, -0.15) is 0 Å². The highest BCUT2D eigenvalue weighted by Gasteiger charge is 2.72. The summed E-state index contributed by atoms with van der Waals surface area (Å²) >= 11 is 0. The number of nitrogens with zero attached hydrogens (tertiary/aromatic N) is 1. The lowest BCUT2D eigenvalue weighted by Gasteiger charge is -2.63. The Hall–Kier alpha value is -1.43. The topological polar surface area (TPSA) is 184 Å². The molecular weight excluding hydrogens is 641 g/mol. The van der Waals surface area contributed by atoms with Crippen LogP contribution < -0.4 is 9.47 Å². The van der Waals surface area contributed by atoms with Crippen LogP contribution >= 0.6 is 7.82 Å². The van der Waals surface area contributed by atoms with Crippen LogP contribution in [0.5, 0.6) is 11.5 Å². The van der Waals surface area contributed by atoms with Gasteiger partial charge in [-0.1, -0.05) is 6.07 Å². The Labute approximate surface area is 276 Å². The highest BCUT2D eigenvalue weighted by molar-refractivity contribution is 7.45. The summed E-state index contributed by atoms with van der Waals surface area (Å²) in [5.41, 5.74) is 1.09. The van der Waals surface area contributed by atoms with E-state index < -0.39 is 18.8 Å². The molecule has 15 nitrogen and oxygen atoms in total. The minimum atomic E-state index is -4.64. The van der Waals surface area contributed by atoms with Gasteiger partial charge in [-0.25, -0.2) is 4.57 Å². The van der Waals surface area contributed by atoms with Crippen molar-refractivity contribution in [3.63, 3.8) is 0 Å². The van der Waals surface area contributed by atoms with Crippen LogP contribution in [0.4, 0.5) is 0 Å². The minimum Gasteiger partial charge on any atom is -0.493 e. The molecule has 2 fully saturated rings. The average Bonchev–Trinajstić information content (AvgIpc) is 3.38. The minimum absolute atomic E-state index is 0.0728. The zero-order valence-electron chi connectivity index (χ0n) is 27.7. The highest BCUT2D eigenvalue weighted by atomic mass is 31.2. The van der Waals surface area contributed by atoms with Crippen molar-refractivity contribution in [3.05, 3.63) is 23.3 Å². The molecular formula is C31H52NO14P. The fraction of sp³-hybridized carbons (Fsp3) is 0.806. The summed E-state index contributed by atoms with van der Waals surface area (Å²) in [7, 11) is 0.819. The molecule has 1 saturated heterocycles. The van der Waals surface area contributed by atoms with Gasteiger partial charge in [-0.15, -0.1) is 0 Å². The van der Waals surface area contributed by atoms with Gasteiger partial charge >= 0.3 is 7.82 Å². The summed E-state index contributed by atoms with van der Waals surface area (Å²) in [6.07, 6.45) is 2.72. The Bertz CT molecular complexity index is 1150. The standard InChI is InChI=1S/C31H49NO10.H3O4P/c1-32-9-8-30-27-23-4-5-24(35-3)28(27)42-29(30)25(6-7-31(30,33)26(32)22-23)41-21-20-40-19-18-39-17-16-38-15-14-37-13-12-36-11-10-34-2;1-5(2,3)4/h4-5,25-26,29,33H,6-22H2,1-3H3;(H3,1,2,3,4)/t25-,26+,29-,30-,31?;/m0./s1. The quantitative estimate of drug-likeness (QED) is 0.110. The van der Waals surface area contributed by atoms with Crippen molar-refractivity contribution in [1.29, 1.82) is 0 Å². The van der Waals surface area contributed by atoms with Crippen molar-refractivity contribution >= 4 is 7.82 Å². The fourth-order valence-electron chi connectivity index (χ4n) is 7.41. The van der Waals surface area contributed by atoms with E-state index in [1.54, 1.807) is 14.2 Å². The average molecular weight is 694 g/mol. The predicted molar refractivity (Wildman–Crippen MR) is 168 cm³/mol. The second-order valence-corrected chi connectivity index (χ2v) is 13.1. The number of benzene rings is 1. The van der Waals surface area contributed by atoms with Gasteiger partial charge < -0.3 is 67.3 Å². The number of likely N-dealkylation sites (N-methyl/N-ethyl adjacent to an activating group) is 1. The van der Waals surface area contributed by atoms with Gasteiger partial charge in [0.2, 0.25) is 0 Å². The molecule has 5 atom stereocenters. The summed E-state index contributed by atoms with van der Waals surface area (Å²) in [6, 6.07) is 4.23. The van der Waals surface area contributed by atoms with E-state index in [1.807, 2.05) is 6.07 Å². The number of hydrogen-bond acceptors (Lipinski definition) is 12. The molecule has 16 heteroatoms. The van der Waals surface area contributed by atoms with Crippen molar-refractivity contribution in [1.82, 2.24) is 4.90 Å². The Kier molecular flexibility index (Phi) is 14.7. The summed E-state index contributed by atoms with van der Waals surface area (Å²) < 4.78 is 60.2. The van der Waals surface area contributed by atoms with Crippen LogP contribution in [-0.2, 0) is 49.6 Å². The van der Waals surface area contributed by atoms with Crippen LogP contribution in [0.2, 0.25) is 0 Å². The lowest BCUT2D eigenvalue weighted by Crippen LogP contribution is -2.76. The lowest BCUT2D eigenvalue weighted by molar-refractivity contribution is -0.213. The molecule has 2 aliphatic carbocycles. The van der Waals surface area contributed by atoms with Gasteiger partial charge in [0.1, 0.15) is 6.10 Å². The van der Waals surface area contributed by atoms with E-state index in [0.717, 1.165) is 42.9 Å². The highest BCUT2D eigenvalue weighted by Crippen LogP contribution is 2.65. The molecule has 1 aromatic rings. The SMILES string of the molecule is COCCOCCOCCOCCOCCOCCO[C@H]1CCC2(O)[C@H]3Cc4ccc(OC)c5c4[C@@]2(CCN3C)[C@H]1O5.O=P(O)(O)O. The third-order valence-electron chi connectivity index (χ3n) is 9.36. The molecule has 270 valence electrons. The lowest BCUT2D eigenvalue weighted by atomic mass is 9.48. The van der Waals surface area contributed by atoms with Gasteiger partial charge in [-0.3, -0.25) is 0 Å². The Balaban J connectivity index is 0.000000930. The molecule has 4 N–H and O–H groups in total. The largest absolute Gasteiger partial charge is 0.493 e. The summed E-state index contributed by atoms with van der Waals surface area (Å²) in [4.78, 5) is 23.9. The van der Waals surface area contributed by atoms with Crippen LogP contribution in [0, 0.1) is 0 Å². The number of aliphatic hydroxyl groups is 1. The van der Waals surface area contributed by atoms with Crippen LogP contribution in [0.1, 0.15) is 30.4 Å². The molecule has 0 radical (unpaired) electrons. The first-order valence-electron chi connectivity index (χ1n) is 16.1. The van der Waals surface area contributed by atoms with Gasteiger partial charge in [0, 0.05) is 18.7 Å². The van der Waals surface area contributed by atoms with Crippen molar-refractivity contribution in [2.45, 2.75) is 54.9 Å². The second kappa shape index (κ2) is 18.0. The number of likely N-dealkylation sites (tertiary alicyclic amines) is 1. The van der Waals surface area contributed by atoms with Crippen LogP contribution in [-0.4, -0.2) is 156 Å². The maximum atomic E-state index is 12.3. The monoisotopic (exact) mass is 693 g/mol. The summed E-state index contributed by atoms with van der Waals surface area (Å²) in [6.45, 7) is 7.19. The smallest absolute Gasteiger partial charge is 0.466 e. The van der Waals surface area contributed by atoms with Crippen LogP contribution in [0.3, 0.4) is 0 Å². The van der Waals surface area contributed by atoms with E-state index in [9.17, 15) is 5.11 Å². The van der Waals surface area contributed by atoms with Crippen molar-refractivity contribution in [2.24, 2.45) is 0 Å². The molecule has 2 bridgehead atoms. The molecule has 0 aromatic heterocycles. The van der Waals surface area contributed by atoms with E-state index in [4.69, 9.17) is 61.9 Å². The molecule has 4 aliphatic rings. The normalized spacial score (nSPS) is 27.5. The predicted octanol–water partition coefficient (Wildman–Crippen LogP) is 0.665. The first-order valence-corrected chi connectivity index (χ1v) is 17.7. The molecule has 1 spiro atoms. The Morgan fingerprint density at radius 1 is 0.851 bits per heavy atom. The molecule has 2 heterocycles. The third kappa shape index (κ3) is 9.43. The maximum absolute atomic E-state index is 12.3. The first-order chi connectivity index (χ1) is 22.6. The number of phosphoric acid groups is 1. The maximum Gasteiger partial charge on any atom is 0.466 e. The van der Waals surface area contributed by atoms with E-state index in [0.29, 0.717) is 85.7 Å². The zero-order chi connectivity index (χ0) is 33.9. The van der Waals surface area contributed by atoms with Gasteiger partial charge in [0.25, 0.3) is 0 Å². The Morgan fingerprint density at radius 2 is 1.38 bits per heavy atom. The molecule has 5 rings (SSSR count). The summed E-state index contributed by atoms with van der Waals surface area (Å²) in [5.74, 6) is 1.53. The Morgan fingerprint density at radius 3 is 1.91 bits per heavy atom. The van der Waals surface area contributed by atoms with Crippen molar-refractivity contribution < 1.29 is 67.0 Å². The number of ether oxygens (including phenoxy) is 9. The van der Waals surface area contributed by atoms with E-state index in [2.05, 4.69) is 18.0 Å². The molecule has 1 unspecified atom stereocenters. The zero-order valence-corrected chi connectivity index (χ0v) is 28.6. The first kappa shape index (κ1) is 38.4. The van der Waals surface area contributed by atoms with E-state index >= 15 is 0 Å². The summed E-state index contributed by atoms with van der Waals surface area (Å²) in [5, 5.41) is 12.3. The van der Waals surface area contributed by atoms with E-state index in [-0.39, 0.29) is 18.2 Å². The third-order valence-corrected chi connectivity index (χ3v) is 9.36. The van der Waals surface area contributed by atoms with Gasteiger partial charge in [0.05, 0.1) is 104 Å². The number of methoxy groups -OCH3 is 2. The molecule has 0 amide bonds.